The quantitative estimate of drug-likeness (QED) is 0.841. The fraction of sp³-hybridized carbons (Fsp3) is 0.368. The van der Waals surface area contributed by atoms with E-state index in [-0.39, 0.29) is 13.2 Å². The summed E-state index contributed by atoms with van der Waals surface area (Å²) in [4.78, 5) is 2.46. The van der Waals surface area contributed by atoms with Crippen LogP contribution in [0.1, 0.15) is 34.6 Å². The molecule has 1 atom stereocenters. The molecule has 3 rings (SSSR count). The highest BCUT2D eigenvalue weighted by molar-refractivity contribution is 9.10. The van der Waals surface area contributed by atoms with Crippen molar-refractivity contribution in [1.29, 1.82) is 0 Å². The average molecular weight is 376 g/mol. The summed E-state index contributed by atoms with van der Waals surface area (Å²) >= 11 is 3.48. The van der Waals surface area contributed by atoms with E-state index in [0.29, 0.717) is 5.92 Å². The van der Waals surface area contributed by atoms with Crippen LogP contribution in [0.4, 0.5) is 0 Å². The molecule has 0 aromatic heterocycles. The number of hydrogen-bond acceptors (Lipinski definition) is 3. The van der Waals surface area contributed by atoms with Crippen LogP contribution < -0.4 is 0 Å². The highest BCUT2D eigenvalue weighted by Crippen LogP contribution is 2.30. The van der Waals surface area contributed by atoms with Gasteiger partial charge in [-0.3, -0.25) is 4.90 Å². The lowest BCUT2D eigenvalue weighted by atomic mass is 9.97. The third-order valence-corrected chi connectivity index (χ3v) is 5.34. The summed E-state index contributed by atoms with van der Waals surface area (Å²) in [7, 11) is 0. The molecule has 3 nitrogen and oxygen atoms in total. The number of halogens is 1. The van der Waals surface area contributed by atoms with E-state index < -0.39 is 0 Å². The zero-order valence-corrected chi connectivity index (χ0v) is 14.7. The first kappa shape index (κ1) is 16.7. The van der Waals surface area contributed by atoms with Crippen LogP contribution in [-0.2, 0) is 19.8 Å². The summed E-state index contributed by atoms with van der Waals surface area (Å²) in [6.07, 6.45) is 1.15. The van der Waals surface area contributed by atoms with Gasteiger partial charge in [0.2, 0.25) is 0 Å². The maximum absolute atomic E-state index is 9.42. The van der Waals surface area contributed by atoms with Crippen LogP contribution in [0.15, 0.2) is 46.9 Å². The Kier molecular flexibility index (Phi) is 5.49. The monoisotopic (exact) mass is 375 g/mol. The molecule has 2 aromatic carbocycles. The van der Waals surface area contributed by atoms with Gasteiger partial charge in [-0.15, -0.1) is 0 Å². The van der Waals surface area contributed by atoms with Crippen LogP contribution in [0, 0.1) is 0 Å². The average Bonchev–Trinajstić information content (AvgIpc) is 3.04. The second kappa shape index (κ2) is 7.58. The maximum Gasteiger partial charge on any atom is 0.0692 e. The molecule has 0 spiro atoms. The third kappa shape index (κ3) is 4.01. The fourth-order valence-corrected chi connectivity index (χ4v) is 3.67. The number of hydrogen-bond donors (Lipinski definition) is 2. The van der Waals surface area contributed by atoms with E-state index in [2.05, 4.69) is 45.1 Å². The summed E-state index contributed by atoms with van der Waals surface area (Å²) in [6, 6.07) is 14.5. The van der Waals surface area contributed by atoms with Crippen molar-refractivity contribution in [1.82, 2.24) is 4.90 Å². The number of benzene rings is 2. The smallest absolute Gasteiger partial charge is 0.0692 e. The molecular formula is C19H22BrNO2. The molecule has 1 aliphatic heterocycles. The van der Waals surface area contributed by atoms with Crippen molar-refractivity contribution in [3.8, 4) is 0 Å². The van der Waals surface area contributed by atoms with Crippen molar-refractivity contribution in [3.63, 3.8) is 0 Å². The molecule has 23 heavy (non-hydrogen) atoms. The Balaban J connectivity index is 1.66. The van der Waals surface area contributed by atoms with Crippen molar-refractivity contribution in [3.05, 3.63) is 69.2 Å². The number of aliphatic hydroxyl groups excluding tert-OH is 2. The lowest BCUT2D eigenvalue weighted by molar-refractivity contribution is 0.280. The maximum atomic E-state index is 9.42. The minimum Gasteiger partial charge on any atom is -0.392 e. The second-order valence-corrected chi connectivity index (χ2v) is 7.06. The van der Waals surface area contributed by atoms with E-state index in [4.69, 9.17) is 0 Å². The molecule has 0 bridgehead atoms. The minimum absolute atomic E-state index is 0.0683. The van der Waals surface area contributed by atoms with Crippen molar-refractivity contribution in [2.24, 2.45) is 0 Å². The van der Waals surface area contributed by atoms with Crippen molar-refractivity contribution in [2.75, 3.05) is 13.1 Å². The Morgan fingerprint density at radius 2 is 1.87 bits per heavy atom. The number of aliphatic hydroxyl groups is 2. The fourth-order valence-electron chi connectivity index (χ4n) is 3.30. The van der Waals surface area contributed by atoms with Gasteiger partial charge in [-0.25, -0.2) is 0 Å². The van der Waals surface area contributed by atoms with Gasteiger partial charge in [0.1, 0.15) is 0 Å². The van der Waals surface area contributed by atoms with E-state index in [1.807, 2.05) is 18.2 Å². The highest BCUT2D eigenvalue weighted by atomic mass is 79.9. The van der Waals surface area contributed by atoms with Crippen molar-refractivity contribution >= 4 is 15.9 Å². The summed E-state index contributed by atoms with van der Waals surface area (Å²) in [6.45, 7) is 3.21. The van der Waals surface area contributed by atoms with Crippen LogP contribution in [-0.4, -0.2) is 28.2 Å². The van der Waals surface area contributed by atoms with E-state index in [9.17, 15) is 10.2 Å². The Hall–Kier alpha value is -1.20. The highest BCUT2D eigenvalue weighted by Gasteiger charge is 2.24. The van der Waals surface area contributed by atoms with Gasteiger partial charge in [0.25, 0.3) is 0 Å². The summed E-state index contributed by atoms with van der Waals surface area (Å²) in [5.74, 6) is 0.523. The van der Waals surface area contributed by atoms with Crippen LogP contribution in [0.2, 0.25) is 0 Å². The van der Waals surface area contributed by atoms with Gasteiger partial charge in [0.05, 0.1) is 13.2 Å². The first-order valence-corrected chi connectivity index (χ1v) is 8.79. The molecule has 0 radical (unpaired) electrons. The van der Waals surface area contributed by atoms with Gasteiger partial charge >= 0.3 is 0 Å². The summed E-state index contributed by atoms with van der Waals surface area (Å²) in [5, 5.41) is 18.7. The van der Waals surface area contributed by atoms with E-state index in [1.54, 1.807) is 0 Å². The topological polar surface area (TPSA) is 43.7 Å². The zero-order chi connectivity index (χ0) is 16.2. The Labute approximate surface area is 145 Å². The molecule has 2 aromatic rings. The van der Waals surface area contributed by atoms with Crippen LogP contribution in [0.25, 0.3) is 0 Å². The first-order valence-electron chi connectivity index (χ1n) is 8.00. The summed E-state index contributed by atoms with van der Waals surface area (Å²) in [5.41, 5.74) is 4.49. The predicted octanol–water partition coefficient (Wildman–Crippen LogP) is 3.42. The predicted molar refractivity (Wildman–Crippen MR) is 95.1 cm³/mol. The molecule has 1 heterocycles. The third-order valence-electron chi connectivity index (χ3n) is 4.56. The molecule has 0 aliphatic carbocycles. The van der Waals surface area contributed by atoms with Crippen molar-refractivity contribution < 1.29 is 10.2 Å². The van der Waals surface area contributed by atoms with Gasteiger partial charge in [-0.1, -0.05) is 52.3 Å². The first-order chi connectivity index (χ1) is 11.2. The molecule has 1 saturated heterocycles. The molecule has 0 amide bonds. The Bertz CT molecular complexity index is 674. The lowest BCUT2D eigenvalue weighted by Gasteiger charge is -2.17. The molecule has 122 valence electrons. The number of nitrogens with zero attached hydrogens (tertiary/aromatic N) is 1. The summed E-state index contributed by atoms with van der Waals surface area (Å²) < 4.78 is 0.972. The molecule has 2 N–H and O–H groups in total. The van der Waals surface area contributed by atoms with Crippen LogP contribution >= 0.6 is 15.9 Å². The molecule has 4 heteroatoms. The Morgan fingerprint density at radius 1 is 1.04 bits per heavy atom. The van der Waals surface area contributed by atoms with E-state index >= 15 is 0 Å². The van der Waals surface area contributed by atoms with Gasteiger partial charge in [-0.05, 0) is 47.2 Å². The lowest BCUT2D eigenvalue weighted by Crippen LogP contribution is -2.19. The number of rotatable bonds is 5. The molecule has 1 fully saturated rings. The zero-order valence-electron chi connectivity index (χ0n) is 13.1. The SMILES string of the molecule is OCc1cccc(CN2CCC(c3ccc(Br)c(CO)c3)C2)c1. The normalized spacial score (nSPS) is 18.5. The van der Waals surface area contributed by atoms with Crippen LogP contribution in [0.5, 0.6) is 0 Å². The molecule has 0 saturated carbocycles. The largest absolute Gasteiger partial charge is 0.392 e. The molecule has 1 unspecified atom stereocenters. The van der Waals surface area contributed by atoms with Crippen LogP contribution in [0.3, 0.4) is 0 Å². The van der Waals surface area contributed by atoms with E-state index in [0.717, 1.165) is 41.7 Å². The molecular weight excluding hydrogens is 354 g/mol. The second-order valence-electron chi connectivity index (χ2n) is 6.21. The van der Waals surface area contributed by atoms with Crippen molar-refractivity contribution in [2.45, 2.75) is 32.1 Å². The van der Waals surface area contributed by atoms with E-state index in [1.165, 1.54) is 11.1 Å². The van der Waals surface area contributed by atoms with Gasteiger partial charge in [0.15, 0.2) is 0 Å². The van der Waals surface area contributed by atoms with Gasteiger partial charge in [-0.2, -0.15) is 0 Å². The van der Waals surface area contributed by atoms with Gasteiger partial charge in [0, 0.05) is 17.6 Å². The Morgan fingerprint density at radius 3 is 2.65 bits per heavy atom. The standard InChI is InChI=1S/C19H22BrNO2/c20-19-5-4-16(9-18(19)13-23)17-6-7-21(11-17)10-14-2-1-3-15(8-14)12-22/h1-5,8-9,17,22-23H,6-7,10-13H2. The van der Waals surface area contributed by atoms with Gasteiger partial charge < -0.3 is 10.2 Å². The molecule has 1 aliphatic rings. The number of likely N-dealkylation sites (tertiary alicyclic amines) is 1. The minimum atomic E-state index is 0.0683.